The quantitative estimate of drug-likeness (QED) is 0.692. The van der Waals surface area contributed by atoms with Gasteiger partial charge in [-0.1, -0.05) is 15.9 Å². The summed E-state index contributed by atoms with van der Waals surface area (Å²) in [5.74, 6) is 0. The molecule has 0 bridgehead atoms. The van der Waals surface area contributed by atoms with Crippen molar-refractivity contribution in [3.05, 3.63) is 0 Å². The topological polar surface area (TPSA) is 12.5 Å². The summed E-state index contributed by atoms with van der Waals surface area (Å²) in [7, 11) is 0. The number of ether oxygens (including phenoxy) is 1. The number of rotatable bonds is 6. The van der Waals surface area contributed by atoms with Crippen LogP contribution in [0.5, 0.6) is 0 Å². The van der Waals surface area contributed by atoms with Crippen molar-refractivity contribution in [2.75, 3.05) is 18.4 Å². The van der Waals surface area contributed by atoms with E-state index in [2.05, 4.69) is 41.6 Å². The van der Waals surface area contributed by atoms with Crippen LogP contribution in [-0.2, 0) is 4.74 Å². The maximum atomic E-state index is 5.87. The van der Waals surface area contributed by atoms with Crippen LogP contribution in [0.2, 0.25) is 0 Å². The summed E-state index contributed by atoms with van der Waals surface area (Å²) in [6.45, 7) is 9.00. The Morgan fingerprint density at radius 1 is 1.40 bits per heavy atom. The highest BCUT2D eigenvalue weighted by Crippen LogP contribution is 2.20. The Morgan fingerprint density at radius 3 is 2.60 bits per heavy atom. The lowest BCUT2D eigenvalue weighted by Gasteiger charge is -2.28. The number of hydrogen-bond donors (Lipinski definition) is 0. The lowest BCUT2D eigenvalue weighted by molar-refractivity contribution is 0.0248. The second-order valence-corrected chi connectivity index (χ2v) is 5.57. The highest BCUT2D eigenvalue weighted by Gasteiger charge is 2.24. The lowest BCUT2D eigenvalue weighted by atomic mass is 10.2. The van der Waals surface area contributed by atoms with Crippen LogP contribution in [-0.4, -0.2) is 41.6 Å². The third-order valence-corrected chi connectivity index (χ3v) is 3.63. The number of nitrogens with zero attached hydrogens (tertiary/aromatic N) is 1. The Balaban J connectivity index is 2.30. The first-order valence-electron chi connectivity index (χ1n) is 6.09. The van der Waals surface area contributed by atoms with Gasteiger partial charge in [0.2, 0.25) is 0 Å². The van der Waals surface area contributed by atoms with E-state index in [1.54, 1.807) is 0 Å². The summed E-state index contributed by atoms with van der Waals surface area (Å²) in [5, 5.41) is 1.10. The number of hydrogen-bond acceptors (Lipinski definition) is 2. The van der Waals surface area contributed by atoms with E-state index in [9.17, 15) is 0 Å². The molecule has 1 fully saturated rings. The van der Waals surface area contributed by atoms with Crippen LogP contribution in [0.3, 0.4) is 0 Å². The van der Waals surface area contributed by atoms with E-state index in [1.807, 2.05) is 0 Å². The van der Waals surface area contributed by atoms with Gasteiger partial charge in [-0.2, -0.15) is 0 Å². The largest absolute Gasteiger partial charge is 0.374 e. The van der Waals surface area contributed by atoms with Crippen LogP contribution in [0.4, 0.5) is 0 Å². The van der Waals surface area contributed by atoms with Crippen molar-refractivity contribution in [3.8, 4) is 0 Å². The maximum absolute atomic E-state index is 5.87. The molecule has 90 valence electrons. The van der Waals surface area contributed by atoms with Crippen LogP contribution >= 0.6 is 15.9 Å². The van der Waals surface area contributed by atoms with Crippen molar-refractivity contribution >= 4 is 15.9 Å². The minimum Gasteiger partial charge on any atom is -0.374 e. The Morgan fingerprint density at radius 2 is 2.13 bits per heavy atom. The van der Waals surface area contributed by atoms with Crippen LogP contribution in [0.15, 0.2) is 0 Å². The van der Waals surface area contributed by atoms with Gasteiger partial charge in [-0.3, -0.25) is 4.90 Å². The predicted octanol–water partition coefficient (Wildman–Crippen LogP) is 3.05. The SMILES string of the molecule is CC1CCC(CN(CCCBr)C(C)C)O1. The molecule has 2 atom stereocenters. The summed E-state index contributed by atoms with van der Waals surface area (Å²) >= 11 is 3.49. The fourth-order valence-corrected chi connectivity index (χ4v) is 2.36. The predicted molar refractivity (Wildman–Crippen MR) is 68.7 cm³/mol. The van der Waals surface area contributed by atoms with Crippen LogP contribution in [0.25, 0.3) is 0 Å². The molecule has 1 rings (SSSR count). The first kappa shape index (κ1) is 13.5. The molecular formula is C12H24BrNO. The Bertz CT molecular complexity index is 175. The Hall–Kier alpha value is 0.400. The van der Waals surface area contributed by atoms with E-state index in [0.717, 1.165) is 11.9 Å². The highest BCUT2D eigenvalue weighted by atomic mass is 79.9. The standard InChI is InChI=1S/C12H24BrNO/c1-10(2)14(8-4-7-13)9-12-6-5-11(3)15-12/h10-12H,4-9H2,1-3H3. The van der Waals surface area contributed by atoms with Crippen molar-refractivity contribution in [1.29, 1.82) is 0 Å². The van der Waals surface area contributed by atoms with Gasteiger partial charge >= 0.3 is 0 Å². The molecule has 3 heteroatoms. The second kappa shape index (κ2) is 6.87. The first-order valence-corrected chi connectivity index (χ1v) is 7.21. The summed E-state index contributed by atoms with van der Waals surface area (Å²) in [6.07, 6.45) is 4.63. The Labute approximate surface area is 102 Å². The zero-order chi connectivity index (χ0) is 11.3. The molecule has 0 aromatic heterocycles. The second-order valence-electron chi connectivity index (χ2n) is 4.78. The third-order valence-electron chi connectivity index (χ3n) is 3.07. The number of alkyl halides is 1. The first-order chi connectivity index (χ1) is 7.13. The van der Waals surface area contributed by atoms with Crippen LogP contribution < -0.4 is 0 Å². The molecule has 0 N–H and O–H groups in total. The zero-order valence-corrected chi connectivity index (χ0v) is 11.8. The van der Waals surface area contributed by atoms with Gasteiger partial charge in [-0.15, -0.1) is 0 Å². The molecule has 0 saturated carbocycles. The molecule has 0 aromatic carbocycles. The van der Waals surface area contributed by atoms with E-state index in [0.29, 0.717) is 18.2 Å². The molecule has 0 radical (unpaired) electrons. The molecule has 0 aliphatic carbocycles. The van der Waals surface area contributed by atoms with E-state index >= 15 is 0 Å². The average Bonchev–Trinajstić information content (AvgIpc) is 2.58. The van der Waals surface area contributed by atoms with Crippen LogP contribution in [0.1, 0.15) is 40.0 Å². The van der Waals surface area contributed by atoms with E-state index in [1.165, 1.54) is 25.8 Å². The van der Waals surface area contributed by atoms with Gasteiger partial charge in [-0.05, 0) is 46.6 Å². The third kappa shape index (κ3) is 4.83. The van der Waals surface area contributed by atoms with Gasteiger partial charge < -0.3 is 4.74 Å². The molecule has 15 heavy (non-hydrogen) atoms. The van der Waals surface area contributed by atoms with Gasteiger partial charge in [0.05, 0.1) is 12.2 Å². The molecule has 0 amide bonds. The van der Waals surface area contributed by atoms with Gasteiger partial charge in [0, 0.05) is 17.9 Å². The van der Waals surface area contributed by atoms with Gasteiger partial charge in [0.25, 0.3) is 0 Å². The van der Waals surface area contributed by atoms with Crippen molar-refractivity contribution in [1.82, 2.24) is 4.90 Å². The van der Waals surface area contributed by atoms with E-state index in [4.69, 9.17) is 4.74 Å². The monoisotopic (exact) mass is 277 g/mol. The van der Waals surface area contributed by atoms with Crippen molar-refractivity contribution in [2.45, 2.75) is 58.3 Å². The normalized spacial score (nSPS) is 26.8. The summed E-state index contributed by atoms with van der Waals surface area (Å²) in [5.41, 5.74) is 0. The maximum Gasteiger partial charge on any atom is 0.0706 e. The molecular weight excluding hydrogens is 254 g/mol. The van der Waals surface area contributed by atoms with Crippen molar-refractivity contribution in [2.24, 2.45) is 0 Å². The van der Waals surface area contributed by atoms with E-state index < -0.39 is 0 Å². The van der Waals surface area contributed by atoms with E-state index in [-0.39, 0.29) is 0 Å². The molecule has 2 unspecified atom stereocenters. The Kier molecular flexibility index (Phi) is 6.17. The fraction of sp³-hybridized carbons (Fsp3) is 1.00. The lowest BCUT2D eigenvalue weighted by Crippen LogP contribution is -2.38. The average molecular weight is 278 g/mol. The molecule has 2 nitrogen and oxygen atoms in total. The summed E-state index contributed by atoms with van der Waals surface area (Å²) in [6, 6.07) is 0.628. The molecule has 0 aromatic rings. The smallest absolute Gasteiger partial charge is 0.0706 e. The van der Waals surface area contributed by atoms with Crippen LogP contribution in [0, 0.1) is 0 Å². The van der Waals surface area contributed by atoms with Gasteiger partial charge in [-0.25, -0.2) is 0 Å². The minimum absolute atomic E-state index is 0.470. The van der Waals surface area contributed by atoms with Gasteiger partial charge in [0.1, 0.15) is 0 Å². The molecule has 1 aliphatic rings. The summed E-state index contributed by atoms with van der Waals surface area (Å²) in [4.78, 5) is 2.53. The molecule has 1 heterocycles. The minimum atomic E-state index is 0.470. The molecule has 1 aliphatic heterocycles. The highest BCUT2D eigenvalue weighted by molar-refractivity contribution is 9.09. The fourth-order valence-electron chi connectivity index (χ4n) is 2.10. The van der Waals surface area contributed by atoms with Crippen molar-refractivity contribution < 1.29 is 4.74 Å². The molecule has 1 saturated heterocycles. The van der Waals surface area contributed by atoms with Gasteiger partial charge in [0.15, 0.2) is 0 Å². The molecule has 0 spiro atoms. The van der Waals surface area contributed by atoms with Crippen molar-refractivity contribution in [3.63, 3.8) is 0 Å². The summed E-state index contributed by atoms with van der Waals surface area (Å²) < 4.78 is 5.87. The zero-order valence-electron chi connectivity index (χ0n) is 10.2. The number of halogens is 1.